The number of likely N-dealkylation sites (N-methyl/N-ethyl adjacent to an activating group) is 1. The highest BCUT2D eigenvalue weighted by molar-refractivity contribution is 5.76. The number of nitrogens with zero attached hydrogens (tertiary/aromatic N) is 6. The lowest BCUT2D eigenvalue weighted by molar-refractivity contribution is -0.140. The molecule has 0 bridgehead atoms. The number of aromatic nitrogens is 4. The summed E-state index contributed by atoms with van der Waals surface area (Å²) < 4.78 is 6.94. The minimum Gasteiger partial charge on any atom is -0.381 e. The molecule has 0 radical (unpaired) electrons. The lowest BCUT2D eigenvalue weighted by Gasteiger charge is -2.51. The van der Waals surface area contributed by atoms with E-state index >= 15 is 0 Å². The second-order valence-corrected chi connectivity index (χ2v) is 5.58. The number of ether oxygens (including phenoxy) is 1. The molecule has 8 heteroatoms. The molecule has 1 aromatic rings. The molecule has 8 nitrogen and oxygen atoms in total. The molecule has 0 aliphatic carbocycles. The Balaban J connectivity index is 1.67. The number of carbonyl (C=O) groups excluding carboxylic acids is 1. The van der Waals surface area contributed by atoms with E-state index < -0.39 is 0 Å². The van der Waals surface area contributed by atoms with Gasteiger partial charge in [0.15, 0.2) is 0 Å². The molecule has 110 valence electrons. The van der Waals surface area contributed by atoms with Crippen molar-refractivity contribution < 1.29 is 9.53 Å². The van der Waals surface area contributed by atoms with Gasteiger partial charge in [0.2, 0.25) is 5.91 Å². The van der Waals surface area contributed by atoms with Gasteiger partial charge in [-0.05, 0) is 30.3 Å². The molecule has 1 amide bonds. The van der Waals surface area contributed by atoms with E-state index in [1.807, 2.05) is 4.90 Å². The van der Waals surface area contributed by atoms with Crippen molar-refractivity contribution in [2.75, 3.05) is 39.9 Å². The van der Waals surface area contributed by atoms with E-state index in [1.165, 1.54) is 11.0 Å². The standard InChI is InChI=1S/C12H20N6O2/c1-16-4-5-17(9-12(16)2-6-20-7-3-12)11(19)8-18-10-13-14-15-18/h10H,2-9H2,1H3. The second-order valence-electron chi connectivity index (χ2n) is 5.58. The maximum atomic E-state index is 12.4. The summed E-state index contributed by atoms with van der Waals surface area (Å²) in [6.45, 7) is 4.21. The molecule has 0 aromatic carbocycles. The van der Waals surface area contributed by atoms with Crippen molar-refractivity contribution in [1.82, 2.24) is 30.0 Å². The van der Waals surface area contributed by atoms with Crippen molar-refractivity contribution in [3.8, 4) is 0 Å². The van der Waals surface area contributed by atoms with Crippen LogP contribution < -0.4 is 0 Å². The normalized spacial score (nSPS) is 23.1. The molecule has 1 aromatic heterocycles. The Labute approximate surface area is 117 Å². The summed E-state index contributed by atoms with van der Waals surface area (Å²) in [5.74, 6) is 0.0799. The number of piperazine rings is 1. The summed E-state index contributed by atoms with van der Waals surface area (Å²) in [4.78, 5) is 16.7. The van der Waals surface area contributed by atoms with Crippen LogP contribution in [0.2, 0.25) is 0 Å². The Kier molecular flexibility index (Phi) is 3.66. The molecule has 1 spiro atoms. The van der Waals surface area contributed by atoms with E-state index in [2.05, 4.69) is 27.5 Å². The minimum absolute atomic E-state index is 0.0762. The van der Waals surface area contributed by atoms with Crippen molar-refractivity contribution in [2.45, 2.75) is 24.9 Å². The third kappa shape index (κ3) is 2.53. The molecule has 0 saturated carbocycles. The van der Waals surface area contributed by atoms with Crippen molar-refractivity contribution in [2.24, 2.45) is 0 Å². The van der Waals surface area contributed by atoms with Crippen LogP contribution in [0.3, 0.4) is 0 Å². The first-order chi connectivity index (χ1) is 9.70. The lowest BCUT2D eigenvalue weighted by atomic mass is 9.86. The smallest absolute Gasteiger partial charge is 0.244 e. The van der Waals surface area contributed by atoms with Crippen LogP contribution in [0.25, 0.3) is 0 Å². The fraction of sp³-hybridized carbons (Fsp3) is 0.833. The first-order valence-corrected chi connectivity index (χ1v) is 6.97. The highest BCUT2D eigenvalue weighted by Gasteiger charge is 2.42. The molecular weight excluding hydrogens is 260 g/mol. The molecular formula is C12H20N6O2. The molecule has 0 unspecified atom stereocenters. The Morgan fingerprint density at radius 3 is 2.85 bits per heavy atom. The van der Waals surface area contributed by atoms with Gasteiger partial charge < -0.3 is 9.64 Å². The molecule has 20 heavy (non-hydrogen) atoms. The van der Waals surface area contributed by atoms with Gasteiger partial charge in [0.05, 0.1) is 0 Å². The average molecular weight is 280 g/mol. The summed E-state index contributed by atoms with van der Waals surface area (Å²) >= 11 is 0. The Morgan fingerprint density at radius 2 is 2.15 bits per heavy atom. The quantitative estimate of drug-likeness (QED) is 0.691. The molecule has 2 aliphatic rings. The van der Waals surface area contributed by atoms with Crippen LogP contribution in [0.15, 0.2) is 6.33 Å². The highest BCUT2D eigenvalue weighted by Crippen LogP contribution is 2.30. The van der Waals surface area contributed by atoms with E-state index in [1.54, 1.807) is 0 Å². The number of amides is 1. The highest BCUT2D eigenvalue weighted by atomic mass is 16.5. The van der Waals surface area contributed by atoms with Gasteiger partial charge in [0, 0.05) is 38.4 Å². The van der Waals surface area contributed by atoms with Gasteiger partial charge in [0.25, 0.3) is 0 Å². The zero-order chi connectivity index (χ0) is 14.0. The van der Waals surface area contributed by atoms with Crippen LogP contribution in [0.4, 0.5) is 0 Å². The van der Waals surface area contributed by atoms with E-state index in [9.17, 15) is 4.79 Å². The van der Waals surface area contributed by atoms with Crippen molar-refractivity contribution >= 4 is 5.91 Å². The van der Waals surface area contributed by atoms with Crippen LogP contribution in [0.1, 0.15) is 12.8 Å². The number of rotatable bonds is 2. The lowest BCUT2D eigenvalue weighted by Crippen LogP contribution is -2.64. The second kappa shape index (κ2) is 5.45. The van der Waals surface area contributed by atoms with Gasteiger partial charge in [0.1, 0.15) is 12.9 Å². The van der Waals surface area contributed by atoms with Crippen molar-refractivity contribution in [1.29, 1.82) is 0 Å². The number of carbonyl (C=O) groups is 1. The first-order valence-electron chi connectivity index (χ1n) is 6.97. The predicted molar refractivity (Wildman–Crippen MR) is 69.8 cm³/mol. The van der Waals surface area contributed by atoms with Crippen molar-refractivity contribution in [3.05, 3.63) is 6.33 Å². The van der Waals surface area contributed by atoms with Crippen LogP contribution in [0, 0.1) is 0 Å². The first kappa shape index (κ1) is 13.4. The predicted octanol–water partition coefficient (Wildman–Crippen LogP) is -1.00. The SMILES string of the molecule is CN1CCN(C(=O)Cn2cnnn2)CC12CCOCC2. The Bertz CT molecular complexity index is 457. The molecule has 2 saturated heterocycles. The number of hydrogen-bond donors (Lipinski definition) is 0. The topological polar surface area (TPSA) is 76.4 Å². The van der Waals surface area contributed by atoms with Gasteiger partial charge in [-0.1, -0.05) is 0 Å². The van der Waals surface area contributed by atoms with Gasteiger partial charge in [-0.15, -0.1) is 5.10 Å². The Hall–Kier alpha value is -1.54. The van der Waals surface area contributed by atoms with Crippen LogP contribution in [0.5, 0.6) is 0 Å². The fourth-order valence-corrected chi connectivity index (χ4v) is 3.06. The zero-order valence-corrected chi connectivity index (χ0v) is 11.7. The molecule has 0 N–H and O–H groups in total. The molecule has 0 atom stereocenters. The zero-order valence-electron chi connectivity index (χ0n) is 11.7. The van der Waals surface area contributed by atoms with Gasteiger partial charge in [-0.25, -0.2) is 4.68 Å². The van der Waals surface area contributed by atoms with E-state index in [4.69, 9.17) is 4.74 Å². The maximum Gasteiger partial charge on any atom is 0.244 e. The van der Waals surface area contributed by atoms with E-state index in [0.717, 1.165) is 45.7 Å². The summed E-state index contributed by atoms with van der Waals surface area (Å²) in [5, 5.41) is 10.9. The van der Waals surface area contributed by atoms with Crippen LogP contribution in [-0.4, -0.2) is 81.3 Å². The molecule has 3 heterocycles. The van der Waals surface area contributed by atoms with Crippen LogP contribution in [-0.2, 0) is 16.1 Å². The molecule has 3 rings (SSSR count). The van der Waals surface area contributed by atoms with Gasteiger partial charge in [-0.2, -0.15) is 0 Å². The third-order valence-corrected chi connectivity index (χ3v) is 4.47. The summed E-state index contributed by atoms with van der Waals surface area (Å²) in [7, 11) is 2.15. The summed E-state index contributed by atoms with van der Waals surface area (Å²) in [5.41, 5.74) is 0.0762. The minimum atomic E-state index is 0.0762. The van der Waals surface area contributed by atoms with E-state index in [-0.39, 0.29) is 18.0 Å². The van der Waals surface area contributed by atoms with Crippen molar-refractivity contribution in [3.63, 3.8) is 0 Å². The Morgan fingerprint density at radius 1 is 1.35 bits per heavy atom. The van der Waals surface area contributed by atoms with Gasteiger partial charge >= 0.3 is 0 Å². The third-order valence-electron chi connectivity index (χ3n) is 4.47. The maximum absolute atomic E-state index is 12.4. The summed E-state index contributed by atoms with van der Waals surface area (Å²) in [6.07, 6.45) is 3.44. The van der Waals surface area contributed by atoms with Crippen LogP contribution >= 0.6 is 0 Å². The monoisotopic (exact) mass is 280 g/mol. The molecule has 2 fully saturated rings. The fourth-order valence-electron chi connectivity index (χ4n) is 3.06. The number of hydrogen-bond acceptors (Lipinski definition) is 6. The van der Waals surface area contributed by atoms with Gasteiger partial charge in [-0.3, -0.25) is 9.69 Å². The van der Waals surface area contributed by atoms with E-state index in [0.29, 0.717) is 0 Å². The summed E-state index contributed by atoms with van der Waals surface area (Å²) in [6, 6.07) is 0. The molecule has 2 aliphatic heterocycles. The number of tetrazole rings is 1. The largest absolute Gasteiger partial charge is 0.381 e. The average Bonchev–Trinajstić information content (AvgIpc) is 2.96.